The summed E-state index contributed by atoms with van der Waals surface area (Å²) in [7, 11) is -3.83. The Bertz CT molecular complexity index is 1040. The molecule has 1 aromatic carbocycles. The first-order valence-electron chi connectivity index (χ1n) is 9.10. The number of rotatable bonds is 8. The van der Waals surface area contributed by atoms with Gasteiger partial charge in [-0.15, -0.1) is 0 Å². The van der Waals surface area contributed by atoms with Crippen molar-refractivity contribution in [2.24, 2.45) is 0 Å². The van der Waals surface area contributed by atoms with E-state index in [4.69, 9.17) is 5.21 Å². The van der Waals surface area contributed by atoms with Crippen LogP contribution >= 0.6 is 0 Å². The van der Waals surface area contributed by atoms with E-state index in [1.807, 2.05) is 24.3 Å². The summed E-state index contributed by atoms with van der Waals surface area (Å²) in [5.41, 5.74) is 3.51. The number of pyridine rings is 1. The molecule has 0 aliphatic heterocycles. The smallest absolute Gasteiger partial charge is 0.264 e. The van der Waals surface area contributed by atoms with Gasteiger partial charge in [0.25, 0.3) is 11.5 Å². The van der Waals surface area contributed by atoms with Crippen LogP contribution in [0.4, 0.5) is 0 Å². The molecule has 0 fully saturated rings. The van der Waals surface area contributed by atoms with Gasteiger partial charge in [0.15, 0.2) is 14.6 Å². The van der Waals surface area contributed by atoms with E-state index in [1.165, 1.54) is 23.0 Å². The van der Waals surface area contributed by atoms with E-state index in [1.54, 1.807) is 19.2 Å². The molecule has 0 bridgehead atoms. The van der Waals surface area contributed by atoms with Gasteiger partial charge in [0.05, 0.1) is 6.10 Å². The zero-order valence-electron chi connectivity index (χ0n) is 16.6. The Kier molecular flexibility index (Phi) is 6.99. The molecule has 29 heavy (non-hydrogen) atoms. The zero-order chi connectivity index (χ0) is 21.8. The molecule has 0 saturated carbocycles. The molecule has 2 aromatic rings. The van der Waals surface area contributed by atoms with Crippen LogP contribution in [-0.4, -0.2) is 46.3 Å². The third kappa shape index (κ3) is 5.31. The average Bonchev–Trinajstić information content (AvgIpc) is 2.64. The summed E-state index contributed by atoms with van der Waals surface area (Å²) in [6.45, 7) is 2.90. The molecule has 9 heteroatoms. The molecule has 8 nitrogen and oxygen atoms in total. The van der Waals surface area contributed by atoms with Gasteiger partial charge in [-0.05, 0) is 49.4 Å². The molecule has 0 radical (unpaired) electrons. The monoisotopic (exact) mass is 422 g/mol. The molecule has 1 heterocycles. The Morgan fingerprint density at radius 2 is 1.90 bits per heavy atom. The highest BCUT2D eigenvalue weighted by Gasteiger charge is 2.43. The van der Waals surface area contributed by atoms with Crippen molar-refractivity contribution in [2.75, 3.05) is 6.26 Å². The number of nitrogens with zero attached hydrogens (tertiary/aromatic N) is 1. The first-order chi connectivity index (χ1) is 13.5. The van der Waals surface area contributed by atoms with Crippen molar-refractivity contribution in [1.82, 2.24) is 10.0 Å². The van der Waals surface area contributed by atoms with Crippen LogP contribution in [0.25, 0.3) is 11.1 Å². The van der Waals surface area contributed by atoms with E-state index in [9.17, 15) is 23.1 Å². The van der Waals surface area contributed by atoms with Crippen molar-refractivity contribution < 1.29 is 23.5 Å². The quantitative estimate of drug-likeness (QED) is 0.433. The highest BCUT2D eigenvalue weighted by Crippen LogP contribution is 2.23. The Morgan fingerprint density at radius 1 is 1.24 bits per heavy atom. The lowest BCUT2D eigenvalue weighted by Gasteiger charge is -2.25. The minimum Gasteiger partial charge on any atom is -0.393 e. The van der Waals surface area contributed by atoms with Crippen LogP contribution in [0, 0.1) is 0 Å². The van der Waals surface area contributed by atoms with Crippen LogP contribution in [0.2, 0.25) is 0 Å². The summed E-state index contributed by atoms with van der Waals surface area (Å²) in [5, 5.41) is 18.4. The Balaban J connectivity index is 2.26. The van der Waals surface area contributed by atoms with E-state index < -0.39 is 26.6 Å². The fraction of sp³-hybridized carbons (Fsp3) is 0.400. The second-order valence-electron chi connectivity index (χ2n) is 7.39. The topological polar surface area (TPSA) is 126 Å². The van der Waals surface area contributed by atoms with Crippen LogP contribution in [0.5, 0.6) is 0 Å². The van der Waals surface area contributed by atoms with Crippen LogP contribution in [0.3, 0.4) is 0 Å². The van der Waals surface area contributed by atoms with Crippen molar-refractivity contribution in [2.45, 2.75) is 44.1 Å². The maximum Gasteiger partial charge on any atom is 0.264 e. The number of sulfone groups is 1. The number of carbonyl (C=O) groups excluding carboxylic acids is 1. The number of nitrogens with one attached hydrogen (secondary N) is 1. The summed E-state index contributed by atoms with van der Waals surface area (Å²) in [6.07, 6.45) is 2.30. The van der Waals surface area contributed by atoms with Gasteiger partial charge in [0.1, 0.15) is 0 Å². The number of aromatic nitrogens is 1. The van der Waals surface area contributed by atoms with Gasteiger partial charge in [-0.2, -0.15) is 0 Å². The maximum atomic E-state index is 12.5. The molecule has 0 aliphatic rings. The summed E-state index contributed by atoms with van der Waals surface area (Å²) in [6, 6.07) is 10.7. The number of hydrogen-bond donors (Lipinski definition) is 3. The van der Waals surface area contributed by atoms with Crippen molar-refractivity contribution in [1.29, 1.82) is 0 Å². The number of aliphatic hydroxyl groups is 1. The van der Waals surface area contributed by atoms with Crippen molar-refractivity contribution in [3.05, 3.63) is 58.5 Å². The van der Waals surface area contributed by atoms with E-state index in [2.05, 4.69) is 0 Å². The van der Waals surface area contributed by atoms with E-state index in [0.29, 0.717) is 12.0 Å². The van der Waals surface area contributed by atoms with Gasteiger partial charge in [-0.3, -0.25) is 14.8 Å². The second kappa shape index (κ2) is 8.89. The van der Waals surface area contributed by atoms with E-state index >= 15 is 0 Å². The second-order valence-corrected chi connectivity index (χ2v) is 9.84. The normalized spacial score (nSPS) is 14.8. The molecule has 1 amide bonds. The number of carbonyl (C=O) groups is 1. The summed E-state index contributed by atoms with van der Waals surface area (Å²) >= 11 is 0. The SMILES string of the molecule is CC(O)Cc1cccc(-c2ccn(CCC(C)(C(=O)NO)S(C)(=O)=O)c(=O)c2)c1. The molecular formula is C20H26N2O6S. The fourth-order valence-corrected chi connectivity index (χ4v) is 3.85. The van der Waals surface area contributed by atoms with Gasteiger partial charge >= 0.3 is 0 Å². The van der Waals surface area contributed by atoms with Crippen molar-refractivity contribution >= 4 is 15.7 Å². The molecule has 2 unspecified atom stereocenters. The van der Waals surface area contributed by atoms with Gasteiger partial charge in [-0.25, -0.2) is 13.9 Å². The fourth-order valence-electron chi connectivity index (χ4n) is 3.01. The number of hydrogen-bond acceptors (Lipinski definition) is 6. The highest BCUT2D eigenvalue weighted by atomic mass is 32.2. The lowest BCUT2D eigenvalue weighted by molar-refractivity contribution is -0.131. The first-order valence-corrected chi connectivity index (χ1v) is 11.0. The minimum atomic E-state index is -3.83. The molecule has 0 spiro atoms. The number of hydroxylamine groups is 1. The number of aliphatic hydroxyl groups excluding tert-OH is 1. The predicted molar refractivity (Wildman–Crippen MR) is 109 cm³/mol. The highest BCUT2D eigenvalue weighted by molar-refractivity contribution is 7.92. The standard InChI is InChI=1S/C20H26N2O6S/c1-14(23)11-15-5-4-6-16(12-15)17-7-9-22(18(24)13-17)10-8-20(2,19(25)21-26)29(3,27)28/h4-7,9,12-14,23,26H,8,10-11H2,1-3H3,(H,21,25). The lowest BCUT2D eigenvalue weighted by Crippen LogP contribution is -2.49. The summed E-state index contributed by atoms with van der Waals surface area (Å²) in [5.74, 6) is -1.04. The van der Waals surface area contributed by atoms with E-state index in [-0.39, 0.29) is 18.5 Å². The van der Waals surface area contributed by atoms with Crippen molar-refractivity contribution in [3.8, 4) is 11.1 Å². The van der Waals surface area contributed by atoms with Crippen LogP contribution in [-0.2, 0) is 27.6 Å². The van der Waals surface area contributed by atoms with Crippen molar-refractivity contribution in [3.63, 3.8) is 0 Å². The summed E-state index contributed by atoms with van der Waals surface area (Å²) in [4.78, 5) is 24.4. The summed E-state index contributed by atoms with van der Waals surface area (Å²) < 4.78 is 23.5. The van der Waals surface area contributed by atoms with Gasteiger partial charge in [0.2, 0.25) is 0 Å². The molecule has 3 N–H and O–H groups in total. The van der Waals surface area contributed by atoms with Crippen LogP contribution in [0.15, 0.2) is 47.4 Å². The molecule has 1 aromatic heterocycles. The Morgan fingerprint density at radius 3 is 2.45 bits per heavy atom. The predicted octanol–water partition coefficient (Wildman–Crippen LogP) is 1.14. The third-order valence-electron chi connectivity index (χ3n) is 5.02. The first kappa shape index (κ1) is 22.8. The minimum absolute atomic E-state index is 0.0157. The van der Waals surface area contributed by atoms with Gasteiger partial charge in [0, 0.05) is 25.1 Å². The molecular weight excluding hydrogens is 396 g/mol. The third-order valence-corrected chi connectivity index (χ3v) is 7.04. The lowest BCUT2D eigenvalue weighted by atomic mass is 10.0. The number of aryl methyl sites for hydroxylation is 1. The van der Waals surface area contributed by atoms with Gasteiger partial charge < -0.3 is 9.67 Å². The molecule has 0 saturated heterocycles. The molecule has 2 rings (SSSR count). The number of benzene rings is 1. The Hall–Kier alpha value is -2.49. The largest absolute Gasteiger partial charge is 0.393 e. The van der Waals surface area contributed by atoms with Crippen LogP contribution in [0.1, 0.15) is 25.8 Å². The van der Waals surface area contributed by atoms with E-state index in [0.717, 1.165) is 17.4 Å². The Labute approximate surface area is 169 Å². The number of amides is 1. The molecule has 0 aliphatic carbocycles. The maximum absolute atomic E-state index is 12.5. The molecule has 158 valence electrons. The average molecular weight is 423 g/mol. The zero-order valence-corrected chi connectivity index (χ0v) is 17.4. The molecule has 2 atom stereocenters. The van der Waals surface area contributed by atoms with Crippen LogP contribution < -0.4 is 11.0 Å². The van der Waals surface area contributed by atoms with Gasteiger partial charge in [-0.1, -0.05) is 24.3 Å².